The van der Waals surface area contributed by atoms with Crippen molar-refractivity contribution in [3.8, 4) is 17.2 Å². The van der Waals surface area contributed by atoms with Crippen molar-refractivity contribution >= 4 is 15.9 Å². The Kier molecular flexibility index (Phi) is 5.33. The van der Waals surface area contributed by atoms with E-state index in [4.69, 9.17) is 14.2 Å². The molecule has 2 aromatic rings. The van der Waals surface area contributed by atoms with Crippen LogP contribution in [0.3, 0.4) is 0 Å². The number of carbonyl (C=O) groups excluding carboxylic acids is 1. The van der Waals surface area contributed by atoms with Crippen LogP contribution in [-0.4, -0.2) is 51.7 Å². The highest BCUT2D eigenvalue weighted by Gasteiger charge is 2.30. The van der Waals surface area contributed by atoms with E-state index < -0.39 is 10.0 Å². The van der Waals surface area contributed by atoms with Gasteiger partial charge >= 0.3 is 0 Å². The molecule has 2 heterocycles. The maximum absolute atomic E-state index is 12.8. The van der Waals surface area contributed by atoms with Crippen molar-refractivity contribution in [1.29, 1.82) is 0 Å². The number of amides is 1. The molecular weight excluding hydrogens is 396 g/mol. The number of hydrogen-bond acceptors (Lipinski definition) is 6. The fraction of sp³-hybridized carbons (Fsp3) is 0.350. The van der Waals surface area contributed by atoms with Gasteiger partial charge in [-0.1, -0.05) is 0 Å². The molecule has 0 bridgehead atoms. The van der Waals surface area contributed by atoms with Gasteiger partial charge in [0.25, 0.3) is 5.91 Å². The Labute approximate surface area is 169 Å². The zero-order valence-electron chi connectivity index (χ0n) is 16.0. The minimum Gasteiger partial charge on any atom is -0.497 e. The van der Waals surface area contributed by atoms with Gasteiger partial charge in [-0.3, -0.25) is 4.79 Å². The Morgan fingerprint density at radius 3 is 2.45 bits per heavy atom. The molecule has 154 valence electrons. The zero-order valence-corrected chi connectivity index (χ0v) is 16.8. The molecule has 0 saturated carbocycles. The van der Waals surface area contributed by atoms with Crippen LogP contribution < -0.4 is 19.5 Å². The first kappa shape index (κ1) is 19.5. The van der Waals surface area contributed by atoms with E-state index in [0.29, 0.717) is 48.7 Å². The van der Waals surface area contributed by atoms with Crippen LogP contribution in [0, 0.1) is 0 Å². The van der Waals surface area contributed by atoms with E-state index in [-0.39, 0.29) is 23.6 Å². The van der Waals surface area contributed by atoms with Gasteiger partial charge in [0.15, 0.2) is 11.5 Å². The van der Waals surface area contributed by atoms with Gasteiger partial charge in [-0.05, 0) is 55.3 Å². The Morgan fingerprint density at radius 2 is 1.76 bits per heavy atom. The van der Waals surface area contributed by atoms with E-state index in [0.717, 1.165) is 0 Å². The van der Waals surface area contributed by atoms with Crippen molar-refractivity contribution in [2.45, 2.75) is 23.8 Å². The Balaban J connectivity index is 1.35. The van der Waals surface area contributed by atoms with Gasteiger partial charge in [0.1, 0.15) is 5.75 Å². The summed E-state index contributed by atoms with van der Waals surface area (Å²) in [5, 5.41) is 2.98. The molecule has 4 rings (SSSR count). The summed E-state index contributed by atoms with van der Waals surface area (Å²) < 4.78 is 42.7. The van der Waals surface area contributed by atoms with Crippen molar-refractivity contribution < 1.29 is 27.4 Å². The van der Waals surface area contributed by atoms with Crippen LogP contribution in [0.4, 0.5) is 0 Å². The molecule has 0 aromatic heterocycles. The standard InChI is InChI=1S/C20H22N2O6S/c1-26-16-3-5-17(6-4-16)29(24,25)22-10-8-15(9-11-22)21-20(23)14-2-7-18-19(12-14)28-13-27-18/h2-7,12,15H,8-11,13H2,1H3,(H,21,23). The molecule has 0 aliphatic carbocycles. The molecule has 1 saturated heterocycles. The fourth-order valence-electron chi connectivity index (χ4n) is 3.44. The van der Waals surface area contributed by atoms with Gasteiger partial charge in [0, 0.05) is 24.7 Å². The van der Waals surface area contributed by atoms with Gasteiger partial charge in [0.05, 0.1) is 12.0 Å². The highest BCUT2D eigenvalue weighted by atomic mass is 32.2. The second-order valence-electron chi connectivity index (χ2n) is 6.90. The summed E-state index contributed by atoms with van der Waals surface area (Å²) in [6, 6.07) is 11.3. The molecule has 2 aliphatic heterocycles. The number of ether oxygens (including phenoxy) is 3. The predicted octanol–water partition coefficient (Wildman–Crippen LogP) is 2.01. The average molecular weight is 418 g/mol. The third-order valence-electron chi connectivity index (χ3n) is 5.12. The van der Waals surface area contributed by atoms with E-state index in [2.05, 4.69) is 5.32 Å². The molecule has 2 aromatic carbocycles. The lowest BCUT2D eigenvalue weighted by Crippen LogP contribution is -2.46. The topological polar surface area (TPSA) is 94.2 Å². The number of benzene rings is 2. The number of hydrogen-bond donors (Lipinski definition) is 1. The van der Waals surface area contributed by atoms with Crippen LogP contribution >= 0.6 is 0 Å². The van der Waals surface area contributed by atoms with Crippen LogP contribution in [0.25, 0.3) is 0 Å². The number of nitrogens with one attached hydrogen (secondary N) is 1. The Morgan fingerprint density at radius 1 is 1.07 bits per heavy atom. The number of piperidine rings is 1. The lowest BCUT2D eigenvalue weighted by atomic mass is 10.1. The first-order chi connectivity index (χ1) is 14.0. The van der Waals surface area contributed by atoms with Gasteiger partial charge in [0.2, 0.25) is 16.8 Å². The van der Waals surface area contributed by atoms with Crippen molar-refractivity contribution in [1.82, 2.24) is 9.62 Å². The molecule has 0 unspecified atom stereocenters. The van der Waals surface area contributed by atoms with Crippen LogP contribution in [0.15, 0.2) is 47.4 Å². The summed E-state index contributed by atoms with van der Waals surface area (Å²) >= 11 is 0. The third kappa shape index (κ3) is 4.01. The molecule has 1 amide bonds. The second-order valence-corrected chi connectivity index (χ2v) is 8.83. The summed E-state index contributed by atoms with van der Waals surface area (Å²) in [7, 11) is -2.03. The van der Waals surface area contributed by atoms with E-state index in [1.165, 1.54) is 11.4 Å². The summed E-state index contributed by atoms with van der Waals surface area (Å²) in [5.41, 5.74) is 0.488. The molecular formula is C20H22N2O6S. The van der Waals surface area contributed by atoms with Gasteiger partial charge in [-0.25, -0.2) is 8.42 Å². The highest BCUT2D eigenvalue weighted by Crippen LogP contribution is 2.32. The molecule has 1 fully saturated rings. The van der Waals surface area contributed by atoms with Crippen LogP contribution in [0.2, 0.25) is 0 Å². The molecule has 1 N–H and O–H groups in total. The van der Waals surface area contributed by atoms with Gasteiger partial charge < -0.3 is 19.5 Å². The third-order valence-corrected chi connectivity index (χ3v) is 7.03. The largest absolute Gasteiger partial charge is 0.497 e. The lowest BCUT2D eigenvalue weighted by Gasteiger charge is -2.31. The van der Waals surface area contributed by atoms with Crippen molar-refractivity contribution in [3.63, 3.8) is 0 Å². The molecule has 8 nitrogen and oxygen atoms in total. The quantitative estimate of drug-likeness (QED) is 0.798. The van der Waals surface area contributed by atoms with E-state index in [1.807, 2.05) is 0 Å². The molecule has 9 heteroatoms. The maximum atomic E-state index is 12.8. The predicted molar refractivity (Wildman–Crippen MR) is 105 cm³/mol. The average Bonchev–Trinajstić information content (AvgIpc) is 3.22. The molecule has 0 atom stereocenters. The number of sulfonamides is 1. The van der Waals surface area contributed by atoms with Crippen molar-refractivity contribution in [3.05, 3.63) is 48.0 Å². The lowest BCUT2D eigenvalue weighted by molar-refractivity contribution is 0.0923. The number of nitrogens with zero attached hydrogens (tertiary/aromatic N) is 1. The minimum absolute atomic E-state index is 0.0877. The zero-order chi connectivity index (χ0) is 20.4. The summed E-state index contributed by atoms with van der Waals surface area (Å²) in [4.78, 5) is 12.8. The first-order valence-electron chi connectivity index (χ1n) is 9.32. The summed E-state index contributed by atoms with van der Waals surface area (Å²) in [5.74, 6) is 1.57. The van der Waals surface area contributed by atoms with Crippen molar-refractivity contribution in [2.75, 3.05) is 27.0 Å². The van der Waals surface area contributed by atoms with Crippen LogP contribution in [0.1, 0.15) is 23.2 Å². The first-order valence-corrected chi connectivity index (χ1v) is 10.8. The number of fused-ring (bicyclic) bond motifs is 1. The van der Waals surface area contributed by atoms with Gasteiger partial charge in [-0.2, -0.15) is 4.31 Å². The Hall–Kier alpha value is -2.78. The monoisotopic (exact) mass is 418 g/mol. The van der Waals surface area contributed by atoms with Crippen molar-refractivity contribution in [2.24, 2.45) is 0 Å². The highest BCUT2D eigenvalue weighted by molar-refractivity contribution is 7.89. The fourth-order valence-corrected chi connectivity index (χ4v) is 4.91. The normalized spacial score (nSPS) is 17.1. The Bertz CT molecular complexity index is 998. The number of rotatable bonds is 5. The minimum atomic E-state index is -3.56. The van der Waals surface area contributed by atoms with Gasteiger partial charge in [-0.15, -0.1) is 0 Å². The molecule has 2 aliphatic rings. The van der Waals surface area contributed by atoms with Crippen LogP contribution in [0.5, 0.6) is 17.2 Å². The van der Waals surface area contributed by atoms with E-state index in [9.17, 15) is 13.2 Å². The SMILES string of the molecule is COc1ccc(S(=O)(=O)N2CCC(NC(=O)c3ccc4c(c3)OCO4)CC2)cc1. The number of carbonyl (C=O) groups is 1. The molecule has 0 spiro atoms. The number of methoxy groups -OCH3 is 1. The van der Waals surface area contributed by atoms with E-state index >= 15 is 0 Å². The summed E-state index contributed by atoms with van der Waals surface area (Å²) in [6.07, 6.45) is 1.09. The maximum Gasteiger partial charge on any atom is 0.251 e. The van der Waals surface area contributed by atoms with E-state index in [1.54, 1.807) is 42.5 Å². The second kappa shape index (κ2) is 7.92. The van der Waals surface area contributed by atoms with Crippen LogP contribution in [-0.2, 0) is 10.0 Å². The summed E-state index contributed by atoms with van der Waals surface area (Å²) in [6.45, 7) is 0.850. The molecule has 29 heavy (non-hydrogen) atoms. The smallest absolute Gasteiger partial charge is 0.251 e. The molecule has 0 radical (unpaired) electrons.